The third-order valence-electron chi connectivity index (χ3n) is 7.09. The molecule has 5 aromatic rings. The van der Waals surface area contributed by atoms with Gasteiger partial charge in [0.25, 0.3) is 5.91 Å². The molecule has 0 radical (unpaired) electrons. The molecule has 1 N–H and O–H groups in total. The Morgan fingerprint density at radius 3 is 2.12 bits per heavy atom. The van der Waals surface area contributed by atoms with Crippen molar-refractivity contribution in [3.8, 4) is 34.1 Å². The van der Waals surface area contributed by atoms with Crippen LogP contribution in [0.15, 0.2) is 126 Å². The number of benzene rings is 5. The summed E-state index contributed by atoms with van der Waals surface area (Å²) in [4.78, 5) is 26.3. The number of amides is 1. The Labute approximate surface area is 283 Å². The van der Waals surface area contributed by atoms with Crippen molar-refractivity contribution in [3.63, 3.8) is 0 Å². The quantitative estimate of drug-likeness (QED) is 0.130. The molecule has 0 bridgehead atoms. The van der Waals surface area contributed by atoms with Crippen LogP contribution >= 0.6 is 15.9 Å². The molecule has 0 saturated carbocycles. The number of alkyl halides is 3. The smallest absolute Gasteiger partial charge is 0.488 e. The Balaban J connectivity index is 1.28. The zero-order chi connectivity index (χ0) is 34.1. The molecule has 0 saturated heterocycles. The van der Waals surface area contributed by atoms with Crippen LogP contribution in [0.4, 0.5) is 13.2 Å². The maximum absolute atomic E-state index is 13.5. The summed E-state index contributed by atoms with van der Waals surface area (Å²) in [6, 6.07) is 33.7. The SMILES string of the molecule is COC(=O)[C@H](Cc1ccc(-c2ccccc2Oc2ccccc2)cc1)NC(=O)c1cc(Br)ccc1OCc1ccc(OC(F)(F)F)cc1. The van der Waals surface area contributed by atoms with Crippen molar-refractivity contribution in [1.82, 2.24) is 5.32 Å². The number of esters is 1. The van der Waals surface area contributed by atoms with E-state index in [4.69, 9.17) is 14.2 Å². The molecule has 5 rings (SSSR count). The van der Waals surface area contributed by atoms with E-state index in [1.165, 1.54) is 31.4 Å². The molecule has 0 unspecified atom stereocenters. The molecule has 48 heavy (non-hydrogen) atoms. The van der Waals surface area contributed by atoms with Crippen molar-refractivity contribution in [1.29, 1.82) is 0 Å². The molecule has 0 aliphatic rings. The van der Waals surface area contributed by atoms with E-state index in [2.05, 4.69) is 26.0 Å². The number of methoxy groups -OCH3 is 1. The minimum absolute atomic E-state index is 0.0412. The molecule has 0 aromatic heterocycles. The minimum Gasteiger partial charge on any atom is -0.488 e. The number of carbonyl (C=O) groups is 2. The van der Waals surface area contributed by atoms with Gasteiger partial charge in [-0.3, -0.25) is 4.79 Å². The molecule has 1 atom stereocenters. The number of para-hydroxylation sites is 2. The number of hydrogen-bond donors (Lipinski definition) is 1. The highest BCUT2D eigenvalue weighted by atomic mass is 79.9. The predicted molar refractivity (Wildman–Crippen MR) is 177 cm³/mol. The third kappa shape index (κ3) is 9.38. The monoisotopic (exact) mass is 719 g/mol. The molecular weight excluding hydrogens is 691 g/mol. The standard InChI is InChI=1S/C37H29BrF3NO6/c1-45-36(44)32(21-24-11-15-26(16-12-24)30-9-5-6-10-34(30)47-28-7-3-2-4-8-28)42-35(43)31-22-27(38)17-20-33(31)46-23-25-13-18-29(19-14-25)48-37(39,40)41/h2-20,22,32H,21,23H2,1H3,(H,42,43)/t32-/m0/s1. The summed E-state index contributed by atoms with van der Waals surface area (Å²) < 4.78 is 58.9. The van der Waals surface area contributed by atoms with Gasteiger partial charge in [0.05, 0.1) is 12.7 Å². The van der Waals surface area contributed by atoms with E-state index in [0.29, 0.717) is 21.5 Å². The van der Waals surface area contributed by atoms with Gasteiger partial charge in [0.2, 0.25) is 0 Å². The van der Waals surface area contributed by atoms with Crippen LogP contribution in [0.1, 0.15) is 21.5 Å². The number of hydrogen-bond acceptors (Lipinski definition) is 6. The van der Waals surface area contributed by atoms with Gasteiger partial charge in [0.1, 0.15) is 35.6 Å². The van der Waals surface area contributed by atoms with Gasteiger partial charge in [-0.15, -0.1) is 13.2 Å². The van der Waals surface area contributed by atoms with Crippen LogP contribution in [-0.2, 0) is 22.6 Å². The maximum Gasteiger partial charge on any atom is 0.573 e. The topological polar surface area (TPSA) is 83.1 Å². The normalized spacial score (nSPS) is 11.7. The van der Waals surface area contributed by atoms with Crippen molar-refractivity contribution in [3.05, 3.63) is 142 Å². The van der Waals surface area contributed by atoms with Crippen molar-refractivity contribution >= 4 is 27.8 Å². The van der Waals surface area contributed by atoms with E-state index in [0.717, 1.165) is 16.7 Å². The predicted octanol–water partition coefficient (Wildman–Crippen LogP) is 8.90. The van der Waals surface area contributed by atoms with Gasteiger partial charge in [-0.25, -0.2) is 4.79 Å². The molecule has 0 spiro atoms. The van der Waals surface area contributed by atoms with Crippen molar-refractivity contribution in [2.45, 2.75) is 25.4 Å². The Morgan fingerprint density at radius 1 is 0.771 bits per heavy atom. The second kappa shape index (κ2) is 15.5. The third-order valence-corrected chi connectivity index (χ3v) is 7.58. The van der Waals surface area contributed by atoms with E-state index >= 15 is 0 Å². The second-order valence-corrected chi connectivity index (χ2v) is 11.4. The van der Waals surface area contributed by atoms with Gasteiger partial charge >= 0.3 is 12.3 Å². The van der Waals surface area contributed by atoms with Crippen LogP contribution < -0.4 is 19.5 Å². The van der Waals surface area contributed by atoms with Gasteiger partial charge in [-0.1, -0.05) is 88.7 Å². The molecule has 11 heteroatoms. The fourth-order valence-corrected chi connectivity index (χ4v) is 5.15. The number of halogens is 4. The lowest BCUT2D eigenvalue weighted by Gasteiger charge is -2.19. The molecule has 0 heterocycles. The molecule has 7 nitrogen and oxygen atoms in total. The van der Waals surface area contributed by atoms with Crippen LogP contribution in [-0.4, -0.2) is 31.4 Å². The van der Waals surface area contributed by atoms with Crippen LogP contribution in [0.3, 0.4) is 0 Å². The van der Waals surface area contributed by atoms with Gasteiger partial charge in [0.15, 0.2) is 0 Å². The fraction of sp³-hybridized carbons (Fsp3) is 0.135. The Hall–Kier alpha value is -5.29. The van der Waals surface area contributed by atoms with Crippen LogP contribution in [0.25, 0.3) is 11.1 Å². The first-order valence-electron chi connectivity index (χ1n) is 14.6. The first-order valence-corrected chi connectivity index (χ1v) is 15.4. The largest absolute Gasteiger partial charge is 0.573 e. The molecule has 0 aliphatic carbocycles. The minimum atomic E-state index is -4.80. The highest BCUT2D eigenvalue weighted by Crippen LogP contribution is 2.33. The van der Waals surface area contributed by atoms with Crippen LogP contribution in [0, 0.1) is 0 Å². The first kappa shape index (κ1) is 34.1. The average Bonchev–Trinajstić information content (AvgIpc) is 3.08. The summed E-state index contributed by atoms with van der Waals surface area (Å²) in [6.07, 6.45) is -4.65. The van der Waals surface area contributed by atoms with Crippen molar-refractivity contribution in [2.24, 2.45) is 0 Å². The van der Waals surface area contributed by atoms with Crippen LogP contribution in [0.5, 0.6) is 23.0 Å². The molecular formula is C37H29BrF3NO6. The number of nitrogens with one attached hydrogen (secondary N) is 1. The highest BCUT2D eigenvalue weighted by molar-refractivity contribution is 9.10. The van der Waals surface area contributed by atoms with Crippen molar-refractivity contribution in [2.75, 3.05) is 7.11 Å². The fourth-order valence-electron chi connectivity index (χ4n) is 4.79. The summed E-state index contributed by atoms with van der Waals surface area (Å²) in [5.41, 5.74) is 3.25. The summed E-state index contributed by atoms with van der Waals surface area (Å²) in [7, 11) is 1.24. The molecule has 1 amide bonds. The number of ether oxygens (including phenoxy) is 4. The molecule has 0 fully saturated rings. The summed E-state index contributed by atoms with van der Waals surface area (Å²) in [6.45, 7) is -0.0412. The van der Waals surface area contributed by atoms with Gasteiger partial charge in [0, 0.05) is 16.5 Å². The molecule has 0 aliphatic heterocycles. The van der Waals surface area contributed by atoms with Gasteiger partial charge in [-0.05, 0) is 65.2 Å². The highest BCUT2D eigenvalue weighted by Gasteiger charge is 2.31. The second-order valence-electron chi connectivity index (χ2n) is 10.5. The number of carbonyl (C=O) groups excluding carboxylic acids is 2. The van der Waals surface area contributed by atoms with E-state index in [9.17, 15) is 22.8 Å². The lowest BCUT2D eigenvalue weighted by atomic mass is 9.99. The van der Waals surface area contributed by atoms with E-state index in [1.54, 1.807) is 18.2 Å². The average molecular weight is 721 g/mol. The first-order chi connectivity index (χ1) is 23.1. The Kier molecular flexibility index (Phi) is 11.0. The van der Waals surface area contributed by atoms with Gasteiger partial charge < -0.3 is 24.3 Å². The molecule has 5 aromatic carbocycles. The molecule has 246 valence electrons. The van der Waals surface area contributed by atoms with Crippen LogP contribution in [0.2, 0.25) is 0 Å². The van der Waals surface area contributed by atoms with Crippen molar-refractivity contribution < 1.29 is 41.7 Å². The van der Waals surface area contributed by atoms with Gasteiger partial charge in [-0.2, -0.15) is 0 Å². The maximum atomic E-state index is 13.5. The van der Waals surface area contributed by atoms with E-state index in [-0.39, 0.29) is 30.1 Å². The van der Waals surface area contributed by atoms with E-state index in [1.807, 2.05) is 78.9 Å². The zero-order valence-corrected chi connectivity index (χ0v) is 27.1. The lowest BCUT2D eigenvalue weighted by molar-refractivity contribution is -0.274. The Bertz CT molecular complexity index is 1850. The zero-order valence-electron chi connectivity index (χ0n) is 25.5. The summed E-state index contributed by atoms with van der Waals surface area (Å²) in [5, 5.41) is 2.75. The Morgan fingerprint density at radius 2 is 1.44 bits per heavy atom. The summed E-state index contributed by atoms with van der Waals surface area (Å²) >= 11 is 3.36. The summed E-state index contributed by atoms with van der Waals surface area (Å²) in [5.74, 6) is 0.0319. The number of rotatable bonds is 12. The lowest BCUT2D eigenvalue weighted by Crippen LogP contribution is -2.43. The van der Waals surface area contributed by atoms with E-state index < -0.39 is 24.3 Å².